The first-order chi connectivity index (χ1) is 22.7. The number of aliphatic hydroxyl groups excluding tert-OH is 2. The van der Waals surface area contributed by atoms with Crippen LogP contribution in [0.4, 0.5) is 0 Å². The van der Waals surface area contributed by atoms with Crippen LogP contribution < -0.4 is 10.6 Å². The van der Waals surface area contributed by atoms with Gasteiger partial charge >= 0.3 is 0 Å². The second-order valence-corrected chi connectivity index (χ2v) is 15.1. The number of amides is 2. The third-order valence-electron chi connectivity index (χ3n) is 9.34. The van der Waals surface area contributed by atoms with Gasteiger partial charge in [0, 0.05) is 34.1 Å². The predicted molar refractivity (Wildman–Crippen MR) is 182 cm³/mol. The molecule has 2 aliphatic carbocycles. The summed E-state index contributed by atoms with van der Waals surface area (Å²) in [4.78, 5) is 27.8. The van der Waals surface area contributed by atoms with Crippen LogP contribution in [0, 0.1) is 16.6 Å². The Bertz CT molecular complexity index is 1690. The lowest BCUT2D eigenvalue weighted by Crippen LogP contribution is -2.43. The average Bonchev–Trinajstić information content (AvgIpc) is 3.55. The Morgan fingerprint density at radius 3 is 1.40 bits per heavy atom. The molecule has 0 saturated carbocycles. The molecule has 0 fully saturated rings. The van der Waals surface area contributed by atoms with Gasteiger partial charge in [0.15, 0.2) is 0 Å². The van der Waals surface area contributed by atoms with Crippen molar-refractivity contribution in [2.75, 3.05) is 11.5 Å². The smallest absolute Gasteiger partial charge is 0.224 e. The Morgan fingerprint density at radius 1 is 0.638 bits per heavy atom. The van der Waals surface area contributed by atoms with E-state index >= 15 is 0 Å². The molecule has 47 heavy (non-hydrogen) atoms. The normalized spacial score (nSPS) is 22.3. The minimum Gasteiger partial charge on any atom is -0.390 e. The number of aliphatic hydroxyl groups is 2. The summed E-state index contributed by atoms with van der Waals surface area (Å²) in [5.41, 5.74) is 5.38. The SMILES string of the molecule is N=S(=O)(C[C@@H](Cc1ccccc1)C(=O)N[C@H]1c2ccccc2C[C@H]1O)C[C@H](Cc1ccccc1)C(=O)N[C@H]1c2ccccc2C[C@H]1O. The number of hydrogen-bond acceptors (Lipinski definition) is 6. The van der Waals surface area contributed by atoms with Gasteiger partial charge in [0.1, 0.15) is 0 Å². The number of fused-ring (bicyclic) bond motifs is 2. The van der Waals surface area contributed by atoms with E-state index in [4.69, 9.17) is 4.78 Å². The zero-order chi connectivity index (χ0) is 33.0. The summed E-state index contributed by atoms with van der Waals surface area (Å²) < 4.78 is 23.3. The van der Waals surface area contributed by atoms with E-state index in [-0.39, 0.29) is 36.2 Å². The van der Waals surface area contributed by atoms with Crippen LogP contribution >= 0.6 is 0 Å². The Morgan fingerprint density at radius 2 is 1.00 bits per heavy atom. The fourth-order valence-electron chi connectivity index (χ4n) is 7.01. The van der Waals surface area contributed by atoms with Crippen molar-refractivity contribution in [2.24, 2.45) is 11.8 Å². The quantitative estimate of drug-likeness (QED) is 0.156. The fourth-order valence-corrected chi connectivity index (χ4v) is 8.98. The number of carbonyl (C=O) groups excluding carboxylic acids is 2. The highest BCUT2D eigenvalue weighted by molar-refractivity contribution is 7.92. The molecule has 244 valence electrons. The first-order valence-electron chi connectivity index (χ1n) is 16.1. The standard InChI is InChI=1S/C38H41N3O5S/c39-47(46,23-29(19-25-11-3-1-4-12-25)37(44)40-35-31-17-9-7-15-27(31)21-33(35)42)24-30(20-26-13-5-2-6-14-26)38(45)41-36-32-18-10-8-16-28(32)22-34(36)43/h1-18,29-30,33-36,39,42-43H,19-24H2,(H,40,44)(H,41,45)/t29-,30+,33-,34-,35+,36+,47?/m1/s1. The molecule has 6 rings (SSSR count). The van der Waals surface area contributed by atoms with Crippen molar-refractivity contribution in [1.82, 2.24) is 10.6 Å². The number of rotatable bonds is 12. The Labute approximate surface area is 276 Å². The Hall–Kier alpha value is -4.31. The molecule has 1 unspecified atom stereocenters. The molecular formula is C38H41N3O5S. The zero-order valence-electron chi connectivity index (χ0n) is 26.1. The van der Waals surface area contributed by atoms with Crippen molar-refractivity contribution < 1.29 is 24.0 Å². The van der Waals surface area contributed by atoms with E-state index in [0.29, 0.717) is 12.8 Å². The van der Waals surface area contributed by atoms with E-state index in [1.807, 2.05) is 109 Å². The highest BCUT2D eigenvalue weighted by Gasteiger charge is 2.37. The third kappa shape index (κ3) is 7.81. The summed E-state index contributed by atoms with van der Waals surface area (Å²) in [6.07, 6.45) is -0.207. The van der Waals surface area contributed by atoms with Gasteiger partial charge in [-0.25, -0.2) is 4.21 Å². The summed E-state index contributed by atoms with van der Waals surface area (Å²) >= 11 is 0. The maximum Gasteiger partial charge on any atom is 0.224 e. The van der Waals surface area contributed by atoms with Crippen molar-refractivity contribution >= 4 is 21.5 Å². The van der Waals surface area contributed by atoms with Crippen molar-refractivity contribution in [3.63, 3.8) is 0 Å². The van der Waals surface area contributed by atoms with Gasteiger partial charge < -0.3 is 20.8 Å². The molecule has 5 N–H and O–H groups in total. The summed E-state index contributed by atoms with van der Waals surface area (Å²) in [5.74, 6) is -2.91. The van der Waals surface area contributed by atoms with E-state index in [1.165, 1.54) is 0 Å². The molecule has 9 heteroatoms. The molecule has 0 bridgehead atoms. The van der Waals surface area contributed by atoms with Crippen molar-refractivity contribution in [1.29, 1.82) is 4.78 Å². The predicted octanol–water partition coefficient (Wildman–Crippen LogP) is 4.30. The summed E-state index contributed by atoms with van der Waals surface area (Å²) in [6, 6.07) is 32.8. The lowest BCUT2D eigenvalue weighted by Gasteiger charge is -2.26. The van der Waals surface area contributed by atoms with Gasteiger partial charge in [-0.2, -0.15) is 0 Å². The summed E-state index contributed by atoms with van der Waals surface area (Å²) in [7, 11) is -3.47. The first kappa shape index (κ1) is 32.6. The second-order valence-electron chi connectivity index (χ2n) is 12.8. The van der Waals surface area contributed by atoms with Gasteiger partial charge in [0.25, 0.3) is 0 Å². The van der Waals surface area contributed by atoms with Crippen LogP contribution in [0.25, 0.3) is 0 Å². The number of nitrogens with one attached hydrogen (secondary N) is 3. The Kier molecular flexibility index (Phi) is 9.87. The van der Waals surface area contributed by atoms with Crippen LogP contribution in [-0.2, 0) is 45.0 Å². The molecule has 2 aliphatic rings. The first-order valence-corrected chi connectivity index (χ1v) is 18.0. The lowest BCUT2D eigenvalue weighted by molar-refractivity contribution is -0.126. The molecule has 7 atom stereocenters. The molecule has 2 amide bonds. The monoisotopic (exact) mass is 651 g/mol. The maximum atomic E-state index is 14.2. The lowest BCUT2D eigenvalue weighted by atomic mass is 9.98. The summed E-state index contributed by atoms with van der Waals surface area (Å²) in [5, 5.41) is 27.6. The molecule has 0 heterocycles. The fraction of sp³-hybridized carbons (Fsp3) is 0.316. The van der Waals surface area contributed by atoms with Crippen LogP contribution in [0.15, 0.2) is 109 Å². The highest BCUT2D eigenvalue weighted by Crippen LogP contribution is 2.33. The Balaban J connectivity index is 1.23. The third-order valence-corrected chi connectivity index (χ3v) is 11.2. The molecule has 8 nitrogen and oxygen atoms in total. The molecule has 0 saturated heterocycles. The van der Waals surface area contributed by atoms with Crippen molar-refractivity contribution in [3.8, 4) is 0 Å². The number of benzene rings is 4. The number of carbonyl (C=O) groups is 2. The van der Waals surface area contributed by atoms with Crippen LogP contribution in [0.3, 0.4) is 0 Å². The topological polar surface area (TPSA) is 140 Å². The van der Waals surface area contributed by atoms with Gasteiger partial charge in [-0.05, 0) is 46.2 Å². The van der Waals surface area contributed by atoms with Crippen LogP contribution in [0.5, 0.6) is 0 Å². The van der Waals surface area contributed by atoms with Gasteiger partial charge in [-0.15, -0.1) is 0 Å². The van der Waals surface area contributed by atoms with E-state index in [9.17, 15) is 24.0 Å². The molecule has 4 aromatic rings. The van der Waals surface area contributed by atoms with Crippen molar-refractivity contribution in [2.45, 2.75) is 50.0 Å². The van der Waals surface area contributed by atoms with Gasteiger partial charge in [0.2, 0.25) is 11.8 Å². The summed E-state index contributed by atoms with van der Waals surface area (Å²) in [6.45, 7) is 0. The van der Waals surface area contributed by atoms with Crippen molar-refractivity contribution in [3.05, 3.63) is 143 Å². The largest absolute Gasteiger partial charge is 0.390 e. The molecular weight excluding hydrogens is 611 g/mol. The minimum absolute atomic E-state index is 0.244. The van der Waals surface area contributed by atoms with E-state index in [0.717, 1.165) is 33.4 Å². The minimum atomic E-state index is -3.47. The zero-order valence-corrected chi connectivity index (χ0v) is 26.9. The maximum absolute atomic E-state index is 14.2. The molecule has 0 aromatic heterocycles. The second kappa shape index (κ2) is 14.2. The molecule has 0 radical (unpaired) electrons. The molecule has 0 spiro atoms. The van der Waals surface area contributed by atoms with E-state index in [2.05, 4.69) is 10.6 Å². The molecule has 0 aliphatic heterocycles. The average molecular weight is 652 g/mol. The van der Waals surface area contributed by atoms with Crippen LogP contribution in [0.1, 0.15) is 45.5 Å². The van der Waals surface area contributed by atoms with Gasteiger partial charge in [-0.3, -0.25) is 14.4 Å². The molecule has 4 aromatic carbocycles. The van der Waals surface area contributed by atoms with Crippen LogP contribution in [0.2, 0.25) is 0 Å². The highest BCUT2D eigenvalue weighted by atomic mass is 32.2. The van der Waals surface area contributed by atoms with Crippen LogP contribution in [-0.4, -0.2) is 49.9 Å². The van der Waals surface area contributed by atoms with Gasteiger partial charge in [0.05, 0.1) is 36.1 Å². The van der Waals surface area contributed by atoms with E-state index in [1.54, 1.807) is 0 Å². The van der Waals surface area contributed by atoms with E-state index < -0.39 is 45.9 Å². The van der Waals surface area contributed by atoms with Gasteiger partial charge in [-0.1, -0.05) is 109 Å². The number of hydrogen-bond donors (Lipinski definition) is 5.